The summed E-state index contributed by atoms with van der Waals surface area (Å²) < 4.78 is 0. The molecule has 1 aromatic rings. The standard InChI is InChI=1S/C19H24N2O2/c1-12-2-6-16(7-3-12)21-11-15(10-18(21)22)19(23)20-17-9-13-4-5-14(17)8-13/h2-3,6-7,13-15,17H,4-5,8-11H2,1H3,(H,20,23)/t13-,14-,15-,17+/m0/s1. The largest absolute Gasteiger partial charge is 0.353 e. The number of benzene rings is 1. The molecule has 0 radical (unpaired) electrons. The summed E-state index contributed by atoms with van der Waals surface area (Å²) in [6, 6.07) is 8.29. The highest BCUT2D eigenvalue weighted by molar-refractivity contribution is 6.00. The number of rotatable bonds is 3. The third-order valence-corrected chi connectivity index (χ3v) is 5.91. The van der Waals surface area contributed by atoms with Crippen molar-refractivity contribution in [2.45, 2.75) is 45.1 Å². The Hall–Kier alpha value is -1.84. The van der Waals surface area contributed by atoms with E-state index >= 15 is 0 Å². The second kappa shape index (κ2) is 5.66. The van der Waals surface area contributed by atoms with Gasteiger partial charge in [-0.05, 0) is 50.2 Å². The molecule has 23 heavy (non-hydrogen) atoms. The van der Waals surface area contributed by atoms with Crippen LogP contribution in [-0.4, -0.2) is 24.4 Å². The molecule has 0 aromatic heterocycles. The second-order valence-corrected chi connectivity index (χ2v) is 7.53. The molecule has 1 heterocycles. The van der Waals surface area contributed by atoms with Crippen LogP contribution in [0.15, 0.2) is 24.3 Å². The van der Waals surface area contributed by atoms with Crippen molar-refractivity contribution >= 4 is 17.5 Å². The van der Waals surface area contributed by atoms with Gasteiger partial charge < -0.3 is 10.2 Å². The zero-order chi connectivity index (χ0) is 16.0. The molecule has 0 spiro atoms. The first-order valence-electron chi connectivity index (χ1n) is 8.77. The summed E-state index contributed by atoms with van der Waals surface area (Å²) in [7, 11) is 0. The molecule has 3 aliphatic rings. The Morgan fingerprint density at radius 1 is 1.17 bits per heavy atom. The topological polar surface area (TPSA) is 49.4 Å². The van der Waals surface area contributed by atoms with Gasteiger partial charge in [-0.3, -0.25) is 9.59 Å². The fourth-order valence-electron chi connectivity index (χ4n) is 4.58. The van der Waals surface area contributed by atoms with Crippen LogP contribution in [0.2, 0.25) is 0 Å². The molecule has 2 amide bonds. The predicted octanol–water partition coefficient (Wildman–Crippen LogP) is 2.65. The van der Waals surface area contributed by atoms with Gasteiger partial charge in [-0.2, -0.15) is 0 Å². The maximum Gasteiger partial charge on any atom is 0.227 e. The normalized spacial score (nSPS) is 32.6. The summed E-state index contributed by atoms with van der Waals surface area (Å²) in [5.74, 6) is 1.42. The third-order valence-electron chi connectivity index (χ3n) is 5.91. The molecule has 4 heteroatoms. The van der Waals surface area contributed by atoms with Crippen LogP contribution in [0.5, 0.6) is 0 Å². The maximum absolute atomic E-state index is 12.6. The number of carbonyl (C=O) groups excluding carboxylic acids is 2. The number of amides is 2. The van der Waals surface area contributed by atoms with Crippen molar-refractivity contribution in [2.24, 2.45) is 17.8 Å². The first-order chi connectivity index (χ1) is 11.1. The van der Waals surface area contributed by atoms with Crippen molar-refractivity contribution in [1.29, 1.82) is 0 Å². The molecule has 122 valence electrons. The highest BCUT2D eigenvalue weighted by Crippen LogP contribution is 2.44. The molecular formula is C19H24N2O2. The Bertz CT molecular complexity index is 625. The SMILES string of the molecule is Cc1ccc(N2C[C@@H](C(=O)N[C@@H]3C[C@H]4CC[C@H]3C4)CC2=O)cc1. The van der Waals surface area contributed by atoms with Crippen molar-refractivity contribution in [3.63, 3.8) is 0 Å². The second-order valence-electron chi connectivity index (χ2n) is 7.53. The molecule has 2 aliphatic carbocycles. The van der Waals surface area contributed by atoms with Crippen LogP contribution >= 0.6 is 0 Å². The van der Waals surface area contributed by atoms with Gasteiger partial charge in [0.05, 0.1) is 5.92 Å². The Kier molecular flexibility index (Phi) is 3.63. The van der Waals surface area contributed by atoms with Gasteiger partial charge in [0, 0.05) is 24.7 Å². The van der Waals surface area contributed by atoms with Gasteiger partial charge in [-0.15, -0.1) is 0 Å². The van der Waals surface area contributed by atoms with Crippen LogP contribution in [0.4, 0.5) is 5.69 Å². The van der Waals surface area contributed by atoms with E-state index in [0.717, 1.165) is 18.0 Å². The number of fused-ring (bicyclic) bond motifs is 2. The van der Waals surface area contributed by atoms with E-state index in [1.165, 1.54) is 24.8 Å². The lowest BCUT2D eigenvalue weighted by atomic mass is 9.94. The zero-order valence-electron chi connectivity index (χ0n) is 13.6. The average Bonchev–Trinajstić information content (AvgIpc) is 3.23. The minimum Gasteiger partial charge on any atom is -0.353 e. The van der Waals surface area contributed by atoms with E-state index in [1.807, 2.05) is 31.2 Å². The van der Waals surface area contributed by atoms with Gasteiger partial charge in [-0.1, -0.05) is 24.1 Å². The summed E-state index contributed by atoms with van der Waals surface area (Å²) in [6.45, 7) is 2.54. The molecule has 1 saturated heterocycles. The molecule has 2 bridgehead atoms. The van der Waals surface area contributed by atoms with Gasteiger partial charge in [0.1, 0.15) is 0 Å². The number of hydrogen-bond donors (Lipinski definition) is 1. The summed E-state index contributed by atoms with van der Waals surface area (Å²) in [5.41, 5.74) is 2.07. The smallest absolute Gasteiger partial charge is 0.227 e. The lowest BCUT2D eigenvalue weighted by Crippen LogP contribution is -2.42. The number of nitrogens with one attached hydrogen (secondary N) is 1. The minimum absolute atomic E-state index is 0.0574. The molecule has 1 N–H and O–H groups in total. The molecule has 4 nitrogen and oxygen atoms in total. The Balaban J connectivity index is 1.39. The number of hydrogen-bond acceptors (Lipinski definition) is 2. The van der Waals surface area contributed by atoms with Gasteiger partial charge in [0.15, 0.2) is 0 Å². The van der Waals surface area contributed by atoms with E-state index in [2.05, 4.69) is 5.32 Å². The Morgan fingerprint density at radius 3 is 2.61 bits per heavy atom. The lowest BCUT2D eigenvalue weighted by Gasteiger charge is -2.24. The summed E-state index contributed by atoms with van der Waals surface area (Å²) in [4.78, 5) is 26.6. The van der Waals surface area contributed by atoms with Gasteiger partial charge >= 0.3 is 0 Å². The van der Waals surface area contributed by atoms with Gasteiger partial charge in [0.25, 0.3) is 0 Å². The number of aryl methyl sites for hydroxylation is 1. The van der Waals surface area contributed by atoms with E-state index in [4.69, 9.17) is 0 Å². The van der Waals surface area contributed by atoms with Crippen LogP contribution in [-0.2, 0) is 9.59 Å². The van der Waals surface area contributed by atoms with E-state index in [1.54, 1.807) is 4.90 Å². The highest BCUT2D eigenvalue weighted by atomic mass is 16.2. The van der Waals surface area contributed by atoms with Gasteiger partial charge in [0.2, 0.25) is 11.8 Å². The van der Waals surface area contributed by atoms with Crippen molar-refractivity contribution in [3.8, 4) is 0 Å². The van der Waals surface area contributed by atoms with E-state index < -0.39 is 0 Å². The third kappa shape index (κ3) is 2.75. The molecular weight excluding hydrogens is 288 g/mol. The lowest BCUT2D eigenvalue weighted by molar-refractivity contribution is -0.127. The van der Waals surface area contributed by atoms with E-state index in [-0.39, 0.29) is 17.7 Å². The minimum atomic E-state index is -0.206. The maximum atomic E-state index is 12.6. The highest BCUT2D eigenvalue weighted by Gasteiger charge is 2.42. The van der Waals surface area contributed by atoms with Crippen LogP contribution in [0, 0.1) is 24.7 Å². The van der Waals surface area contributed by atoms with E-state index in [0.29, 0.717) is 24.9 Å². The molecule has 1 aromatic carbocycles. The Labute approximate surface area is 137 Å². The van der Waals surface area contributed by atoms with E-state index in [9.17, 15) is 9.59 Å². The van der Waals surface area contributed by atoms with Crippen molar-refractivity contribution in [3.05, 3.63) is 29.8 Å². The quantitative estimate of drug-likeness (QED) is 0.933. The summed E-state index contributed by atoms with van der Waals surface area (Å²) in [5, 5.41) is 3.24. The molecule has 4 atom stereocenters. The molecule has 2 saturated carbocycles. The zero-order valence-corrected chi connectivity index (χ0v) is 13.6. The first kappa shape index (κ1) is 14.7. The van der Waals surface area contributed by atoms with Gasteiger partial charge in [-0.25, -0.2) is 0 Å². The fraction of sp³-hybridized carbons (Fsp3) is 0.579. The predicted molar refractivity (Wildman–Crippen MR) is 89.0 cm³/mol. The summed E-state index contributed by atoms with van der Waals surface area (Å²) in [6.07, 6.45) is 5.35. The van der Waals surface area contributed by atoms with Crippen molar-refractivity contribution in [2.75, 3.05) is 11.4 Å². The fourth-order valence-corrected chi connectivity index (χ4v) is 4.58. The molecule has 0 unspecified atom stereocenters. The molecule has 4 rings (SSSR count). The van der Waals surface area contributed by atoms with Crippen LogP contribution < -0.4 is 10.2 Å². The number of carbonyl (C=O) groups is 2. The number of nitrogens with zero attached hydrogens (tertiary/aromatic N) is 1. The number of anilines is 1. The van der Waals surface area contributed by atoms with Crippen molar-refractivity contribution < 1.29 is 9.59 Å². The first-order valence-corrected chi connectivity index (χ1v) is 8.77. The average molecular weight is 312 g/mol. The Morgan fingerprint density at radius 2 is 1.96 bits per heavy atom. The molecule has 1 aliphatic heterocycles. The van der Waals surface area contributed by atoms with Crippen LogP contribution in [0.25, 0.3) is 0 Å². The van der Waals surface area contributed by atoms with Crippen LogP contribution in [0.3, 0.4) is 0 Å². The molecule has 3 fully saturated rings. The monoisotopic (exact) mass is 312 g/mol. The van der Waals surface area contributed by atoms with Crippen molar-refractivity contribution in [1.82, 2.24) is 5.32 Å². The summed E-state index contributed by atoms with van der Waals surface area (Å²) >= 11 is 0. The van der Waals surface area contributed by atoms with Crippen LogP contribution in [0.1, 0.15) is 37.7 Å².